The van der Waals surface area contributed by atoms with Crippen molar-refractivity contribution in [2.45, 2.75) is 33.4 Å². The van der Waals surface area contributed by atoms with Crippen LogP contribution < -0.4 is 15.4 Å². The van der Waals surface area contributed by atoms with E-state index >= 15 is 0 Å². The fraction of sp³-hybridized carbons (Fsp3) is 0.389. The fourth-order valence-corrected chi connectivity index (χ4v) is 2.27. The number of furan rings is 1. The third-order valence-electron chi connectivity index (χ3n) is 3.56. The predicted molar refractivity (Wildman–Crippen MR) is 92.1 cm³/mol. The lowest BCUT2D eigenvalue weighted by Crippen LogP contribution is -2.49. The Hall–Kier alpha value is -2.83. The van der Waals surface area contributed by atoms with E-state index in [9.17, 15) is 9.59 Å². The Morgan fingerprint density at radius 2 is 2.08 bits per heavy atom. The van der Waals surface area contributed by atoms with E-state index in [1.807, 2.05) is 26.8 Å². The number of ether oxygens (including phenoxy) is 1. The Balaban J connectivity index is 2.00. The van der Waals surface area contributed by atoms with E-state index in [4.69, 9.17) is 9.15 Å². The number of nitrogens with one attached hydrogen (secondary N) is 2. The molecule has 0 fully saturated rings. The van der Waals surface area contributed by atoms with Crippen molar-refractivity contribution >= 4 is 11.8 Å². The van der Waals surface area contributed by atoms with Gasteiger partial charge in [-0.3, -0.25) is 9.59 Å². The summed E-state index contributed by atoms with van der Waals surface area (Å²) in [7, 11) is 0. The summed E-state index contributed by atoms with van der Waals surface area (Å²) in [6.45, 7) is 6.36. The molecule has 0 saturated carbocycles. The third-order valence-corrected chi connectivity index (χ3v) is 3.56. The third kappa shape index (κ3) is 5.07. The Bertz CT molecular complexity index is 698. The van der Waals surface area contributed by atoms with Crippen molar-refractivity contribution < 1.29 is 18.7 Å². The Kier molecular flexibility index (Phi) is 6.56. The molecule has 2 amide bonds. The number of amides is 2. The van der Waals surface area contributed by atoms with Gasteiger partial charge in [0.25, 0.3) is 5.91 Å². The van der Waals surface area contributed by atoms with Gasteiger partial charge in [0.2, 0.25) is 11.8 Å². The molecule has 0 bridgehead atoms. The maximum atomic E-state index is 12.5. The topological polar surface area (TPSA) is 93.5 Å². The number of carbonyl (C=O) groups excluding carboxylic acids is 2. The van der Waals surface area contributed by atoms with Crippen LogP contribution in [0.2, 0.25) is 0 Å². The van der Waals surface area contributed by atoms with Crippen molar-refractivity contribution in [3.8, 4) is 5.88 Å². The molecule has 7 heteroatoms. The van der Waals surface area contributed by atoms with E-state index in [2.05, 4.69) is 15.6 Å². The number of pyridine rings is 1. The van der Waals surface area contributed by atoms with Crippen LogP contribution in [0.15, 0.2) is 41.1 Å². The smallest absolute Gasteiger partial charge is 0.287 e. The summed E-state index contributed by atoms with van der Waals surface area (Å²) in [5.41, 5.74) is 0.776. The van der Waals surface area contributed by atoms with Crippen LogP contribution in [0.5, 0.6) is 5.88 Å². The molecule has 0 aromatic carbocycles. The number of rotatable bonds is 8. The predicted octanol–water partition coefficient (Wildman–Crippen LogP) is 2.14. The molecule has 7 nitrogen and oxygen atoms in total. The monoisotopic (exact) mass is 345 g/mol. The van der Waals surface area contributed by atoms with E-state index in [1.54, 1.807) is 24.4 Å². The summed E-state index contributed by atoms with van der Waals surface area (Å²) in [4.78, 5) is 28.8. The first-order chi connectivity index (χ1) is 12.0. The number of carbonyl (C=O) groups is 2. The van der Waals surface area contributed by atoms with Crippen LogP contribution in [0.4, 0.5) is 0 Å². The largest absolute Gasteiger partial charge is 0.478 e. The Morgan fingerprint density at radius 3 is 2.72 bits per heavy atom. The molecule has 0 spiro atoms. The quantitative estimate of drug-likeness (QED) is 0.764. The van der Waals surface area contributed by atoms with Crippen LogP contribution in [0.3, 0.4) is 0 Å². The van der Waals surface area contributed by atoms with Gasteiger partial charge in [-0.25, -0.2) is 4.98 Å². The highest BCUT2D eigenvalue weighted by Gasteiger charge is 2.25. The average Bonchev–Trinajstić information content (AvgIpc) is 3.13. The molecule has 0 saturated heterocycles. The van der Waals surface area contributed by atoms with Gasteiger partial charge in [-0.2, -0.15) is 0 Å². The molecule has 0 aliphatic heterocycles. The molecule has 1 atom stereocenters. The highest BCUT2D eigenvalue weighted by molar-refractivity contribution is 5.95. The Labute approximate surface area is 146 Å². The molecule has 0 aliphatic rings. The molecule has 0 radical (unpaired) electrons. The fourth-order valence-electron chi connectivity index (χ4n) is 2.27. The van der Waals surface area contributed by atoms with Gasteiger partial charge in [-0.15, -0.1) is 0 Å². The zero-order chi connectivity index (χ0) is 18.2. The lowest BCUT2D eigenvalue weighted by molar-refractivity contribution is -0.124. The summed E-state index contributed by atoms with van der Waals surface area (Å²) in [5.74, 6) is -0.119. The van der Waals surface area contributed by atoms with Gasteiger partial charge in [0.1, 0.15) is 6.04 Å². The standard InChI is InChI=1S/C18H23N3O4/c1-4-24-18-13(7-5-9-19-18)11-20-17(23)15(12(2)3)21-16(22)14-8-6-10-25-14/h5-10,12,15H,4,11H2,1-3H3,(H,20,23)(H,21,22). The highest BCUT2D eigenvalue weighted by atomic mass is 16.5. The first-order valence-electron chi connectivity index (χ1n) is 8.21. The molecule has 25 heavy (non-hydrogen) atoms. The van der Waals surface area contributed by atoms with Gasteiger partial charge < -0.3 is 19.8 Å². The van der Waals surface area contributed by atoms with Crippen molar-refractivity contribution in [2.24, 2.45) is 5.92 Å². The van der Waals surface area contributed by atoms with Gasteiger partial charge in [-0.05, 0) is 31.0 Å². The van der Waals surface area contributed by atoms with Gasteiger partial charge in [0.05, 0.1) is 12.9 Å². The minimum absolute atomic E-state index is 0.0841. The number of aromatic nitrogens is 1. The van der Waals surface area contributed by atoms with E-state index < -0.39 is 11.9 Å². The highest BCUT2D eigenvalue weighted by Crippen LogP contribution is 2.14. The molecular formula is C18H23N3O4. The van der Waals surface area contributed by atoms with Crippen LogP contribution in [0.1, 0.15) is 36.9 Å². The summed E-state index contributed by atoms with van der Waals surface area (Å²) in [6.07, 6.45) is 3.05. The van der Waals surface area contributed by atoms with Crippen LogP contribution in [0.25, 0.3) is 0 Å². The molecule has 2 rings (SSSR count). The molecule has 2 aromatic rings. The molecule has 0 aliphatic carbocycles. The van der Waals surface area contributed by atoms with Gasteiger partial charge in [0.15, 0.2) is 5.76 Å². The van der Waals surface area contributed by atoms with E-state index in [-0.39, 0.29) is 24.1 Å². The van der Waals surface area contributed by atoms with Crippen molar-refractivity contribution in [3.63, 3.8) is 0 Å². The second-order valence-electron chi connectivity index (χ2n) is 5.79. The molecule has 2 heterocycles. The van der Waals surface area contributed by atoms with Gasteiger partial charge in [0, 0.05) is 18.3 Å². The SMILES string of the molecule is CCOc1ncccc1CNC(=O)C(NC(=O)c1ccco1)C(C)C. The van der Waals surface area contributed by atoms with Crippen LogP contribution in [-0.4, -0.2) is 29.4 Å². The maximum absolute atomic E-state index is 12.5. The molecule has 1 unspecified atom stereocenters. The van der Waals surface area contributed by atoms with Gasteiger partial charge >= 0.3 is 0 Å². The van der Waals surface area contributed by atoms with Crippen LogP contribution in [-0.2, 0) is 11.3 Å². The number of hydrogen-bond acceptors (Lipinski definition) is 5. The minimum Gasteiger partial charge on any atom is -0.478 e. The lowest BCUT2D eigenvalue weighted by atomic mass is 10.0. The van der Waals surface area contributed by atoms with Gasteiger partial charge in [-0.1, -0.05) is 19.9 Å². The van der Waals surface area contributed by atoms with Crippen molar-refractivity contribution in [1.82, 2.24) is 15.6 Å². The molecular weight excluding hydrogens is 322 g/mol. The zero-order valence-corrected chi connectivity index (χ0v) is 14.6. The maximum Gasteiger partial charge on any atom is 0.287 e. The summed E-state index contributed by atoms with van der Waals surface area (Å²) in [6, 6.07) is 6.11. The summed E-state index contributed by atoms with van der Waals surface area (Å²) in [5, 5.41) is 5.53. The summed E-state index contributed by atoms with van der Waals surface area (Å²) < 4.78 is 10.5. The number of hydrogen-bond donors (Lipinski definition) is 2. The van der Waals surface area contributed by atoms with E-state index in [0.717, 1.165) is 5.56 Å². The first-order valence-corrected chi connectivity index (χ1v) is 8.21. The Morgan fingerprint density at radius 1 is 1.28 bits per heavy atom. The average molecular weight is 345 g/mol. The molecule has 2 N–H and O–H groups in total. The van der Waals surface area contributed by atoms with Crippen molar-refractivity contribution in [1.29, 1.82) is 0 Å². The second kappa shape index (κ2) is 8.86. The molecule has 2 aromatic heterocycles. The van der Waals surface area contributed by atoms with Crippen LogP contribution >= 0.6 is 0 Å². The summed E-state index contributed by atoms with van der Waals surface area (Å²) >= 11 is 0. The van der Waals surface area contributed by atoms with Crippen molar-refractivity contribution in [2.75, 3.05) is 6.61 Å². The lowest BCUT2D eigenvalue weighted by Gasteiger charge is -2.21. The second-order valence-corrected chi connectivity index (χ2v) is 5.79. The minimum atomic E-state index is -0.676. The van der Waals surface area contributed by atoms with Crippen LogP contribution in [0, 0.1) is 5.92 Å². The van der Waals surface area contributed by atoms with Crippen molar-refractivity contribution in [3.05, 3.63) is 48.0 Å². The normalized spacial score (nSPS) is 11.8. The first kappa shape index (κ1) is 18.5. The zero-order valence-electron chi connectivity index (χ0n) is 14.6. The molecule has 134 valence electrons. The van der Waals surface area contributed by atoms with E-state index in [0.29, 0.717) is 12.5 Å². The number of nitrogens with zero attached hydrogens (tertiary/aromatic N) is 1. The van der Waals surface area contributed by atoms with E-state index in [1.165, 1.54) is 6.26 Å².